The smallest absolute Gasteiger partial charge is 0.274 e. The number of rotatable bonds is 4. The molecule has 0 saturated heterocycles. The molecule has 2 N–H and O–H groups in total. The van der Waals surface area contributed by atoms with E-state index in [0.29, 0.717) is 28.8 Å². The van der Waals surface area contributed by atoms with Crippen molar-refractivity contribution in [3.05, 3.63) is 65.0 Å². The van der Waals surface area contributed by atoms with Crippen molar-refractivity contribution in [2.75, 3.05) is 17.4 Å². The Kier molecular flexibility index (Phi) is 4.57. The molecule has 0 fully saturated rings. The number of nitrogens with zero attached hydrogens (tertiary/aromatic N) is 2. The van der Waals surface area contributed by atoms with Gasteiger partial charge < -0.3 is 20.1 Å². The molecule has 142 valence electrons. The van der Waals surface area contributed by atoms with E-state index < -0.39 is 0 Å². The Bertz CT molecular complexity index is 1070. The topological polar surface area (TPSA) is 85.4 Å². The van der Waals surface area contributed by atoms with E-state index in [-0.39, 0.29) is 18.4 Å². The molecule has 0 bridgehead atoms. The lowest BCUT2D eigenvalue weighted by Gasteiger charge is -2.12. The van der Waals surface area contributed by atoms with Gasteiger partial charge in [-0.2, -0.15) is 0 Å². The zero-order valence-corrected chi connectivity index (χ0v) is 15.9. The second-order valence-electron chi connectivity index (χ2n) is 6.61. The highest BCUT2D eigenvalue weighted by molar-refractivity contribution is 6.03. The Balaban J connectivity index is 1.56. The molecule has 0 unspecified atom stereocenters. The number of anilines is 3. The van der Waals surface area contributed by atoms with Crippen LogP contribution in [-0.2, 0) is 0 Å². The molecule has 4 rings (SSSR count). The lowest BCUT2D eigenvalue weighted by Crippen LogP contribution is -2.15. The van der Waals surface area contributed by atoms with Gasteiger partial charge in [0.05, 0.1) is 0 Å². The third kappa shape index (κ3) is 3.59. The molecule has 7 nitrogen and oxygen atoms in total. The monoisotopic (exact) mass is 376 g/mol. The first-order chi connectivity index (χ1) is 13.5. The van der Waals surface area contributed by atoms with Gasteiger partial charge in [0.2, 0.25) is 12.7 Å². The Labute approximate surface area is 162 Å². The maximum Gasteiger partial charge on any atom is 0.274 e. The van der Waals surface area contributed by atoms with Crippen LogP contribution < -0.4 is 20.1 Å². The summed E-state index contributed by atoms with van der Waals surface area (Å²) < 4.78 is 10.6. The van der Waals surface area contributed by atoms with E-state index >= 15 is 0 Å². The van der Waals surface area contributed by atoms with Crippen LogP contribution in [0.4, 0.5) is 17.3 Å². The fraction of sp³-hybridized carbons (Fsp3) is 0.190. The number of ether oxygens (including phenoxy) is 2. The maximum absolute atomic E-state index is 12.7. The summed E-state index contributed by atoms with van der Waals surface area (Å²) in [6.07, 6.45) is 0. The van der Waals surface area contributed by atoms with Crippen molar-refractivity contribution in [1.29, 1.82) is 0 Å². The van der Waals surface area contributed by atoms with Gasteiger partial charge in [-0.05, 0) is 56.2 Å². The predicted molar refractivity (Wildman–Crippen MR) is 106 cm³/mol. The molecule has 1 aliphatic heterocycles. The van der Waals surface area contributed by atoms with Gasteiger partial charge in [-0.3, -0.25) is 4.79 Å². The molecule has 0 radical (unpaired) electrons. The van der Waals surface area contributed by atoms with Crippen LogP contribution in [0.1, 0.15) is 27.3 Å². The number of nitrogens with one attached hydrogen (secondary N) is 2. The minimum absolute atomic E-state index is 0.186. The summed E-state index contributed by atoms with van der Waals surface area (Å²) in [6, 6.07) is 12.9. The number of carbonyl (C=O) groups excluding carboxylic acids is 1. The molecule has 7 heteroatoms. The molecule has 2 heterocycles. The standard InChI is InChI=1S/C21H20N4O3/c1-12-5-4-6-16(14(12)3)24-21-22-13(2)9-17(25-21)20(26)23-15-7-8-18-19(10-15)28-11-27-18/h4-10H,11H2,1-3H3,(H,23,26)(H,22,24,25). The predicted octanol–water partition coefficient (Wildman–Crippen LogP) is 4.13. The number of aryl methyl sites for hydroxylation is 2. The minimum Gasteiger partial charge on any atom is -0.454 e. The summed E-state index contributed by atoms with van der Waals surface area (Å²) in [5.74, 6) is 1.32. The van der Waals surface area contributed by atoms with Crippen molar-refractivity contribution in [3.8, 4) is 11.5 Å². The summed E-state index contributed by atoms with van der Waals surface area (Å²) in [6.45, 7) is 6.08. The van der Waals surface area contributed by atoms with Gasteiger partial charge in [0.25, 0.3) is 5.91 Å². The van der Waals surface area contributed by atoms with Gasteiger partial charge in [0.15, 0.2) is 11.5 Å². The second-order valence-corrected chi connectivity index (χ2v) is 6.61. The molecular formula is C21H20N4O3. The van der Waals surface area contributed by atoms with Crippen LogP contribution >= 0.6 is 0 Å². The van der Waals surface area contributed by atoms with E-state index in [0.717, 1.165) is 11.3 Å². The zero-order valence-electron chi connectivity index (χ0n) is 15.9. The van der Waals surface area contributed by atoms with E-state index in [1.165, 1.54) is 5.56 Å². The van der Waals surface area contributed by atoms with Gasteiger partial charge in [-0.1, -0.05) is 12.1 Å². The molecule has 0 aliphatic carbocycles. The highest BCUT2D eigenvalue weighted by atomic mass is 16.7. The third-order valence-electron chi connectivity index (χ3n) is 4.57. The first-order valence-corrected chi connectivity index (χ1v) is 8.89. The largest absolute Gasteiger partial charge is 0.454 e. The molecule has 0 spiro atoms. The molecule has 0 atom stereocenters. The number of benzene rings is 2. The Morgan fingerprint density at radius 1 is 1.00 bits per heavy atom. The number of amides is 1. The summed E-state index contributed by atoms with van der Waals surface area (Å²) >= 11 is 0. The van der Waals surface area contributed by atoms with Crippen LogP contribution in [0.25, 0.3) is 0 Å². The van der Waals surface area contributed by atoms with E-state index in [2.05, 4.69) is 20.6 Å². The van der Waals surface area contributed by atoms with Crippen LogP contribution in [0.3, 0.4) is 0 Å². The Morgan fingerprint density at radius 3 is 2.68 bits per heavy atom. The van der Waals surface area contributed by atoms with Crippen LogP contribution in [0.5, 0.6) is 11.5 Å². The van der Waals surface area contributed by atoms with Crippen molar-refractivity contribution < 1.29 is 14.3 Å². The van der Waals surface area contributed by atoms with E-state index in [4.69, 9.17) is 9.47 Å². The number of aromatic nitrogens is 2. The second kappa shape index (κ2) is 7.19. The van der Waals surface area contributed by atoms with Gasteiger partial charge >= 0.3 is 0 Å². The van der Waals surface area contributed by atoms with Crippen LogP contribution in [0, 0.1) is 20.8 Å². The van der Waals surface area contributed by atoms with Gasteiger partial charge in [-0.25, -0.2) is 9.97 Å². The molecular weight excluding hydrogens is 356 g/mol. The Hall–Kier alpha value is -3.61. The van der Waals surface area contributed by atoms with Crippen LogP contribution in [-0.4, -0.2) is 22.7 Å². The van der Waals surface area contributed by atoms with E-state index in [1.807, 2.05) is 39.0 Å². The van der Waals surface area contributed by atoms with Crippen LogP contribution in [0.15, 0.2) is 42.5 Å². The molecule has 2 aromatic carbocycles. The van der Waals surface area contributed by atoms with E-state index in [9.17, 15) is 4.79 Å². The molecule has 1 aliphatic rings. The van der Waals surface area contributed by atoms with Crippen molar-refractivity contribution >= 4 is 23.2 Å². The molecule has 28 heavy (non-hydrogen) atoms. The van der Waals surface area contributed by atoms with Crippen molar-refractivity contribution in [2.45, 2.75) is 20.8 Å². The van der Waals surface area contributed by atoms with Gasteiger partial charge in [-0.15, -0.1) is 0 Å². The minimum atomic E-state index is -0.326. The van der Waals surface area contributed by atoms with Gasteiger partial charge in [0, 0.05) is 23.1 Å². The summed E-state index contributed by atoms with van der Waals surface area (Å²) in [7, 11) is 0. The normalized spacial score (nSPS) is 12.0. The first-order valence-electron chi connectivity index (χ1n) is 8.89. The lowest BCUT2D eigenvalue weighted by molar-refractivity contribution is 0.102. The zero-order chi connectivity index (χ0) is 19.7. The molecule has 1 amide bonds. The summed E-state index contributed by atoms with van der Waals surface area (Å²) in [5.41, 5.74) is 4.76. The highest BCUT2D eigenvalue weighted by Crippen LogP contribution is 2.34. The highest BCUT2D eigenvalue weighted by Gasteiger charge is 2.16. The van der Waals surface area contributed by atoms with Crippen molar-refractivity contribution in [3.63, 3.8) is 0 Å². The quantitative estimate of drug-likeness (QED) is 0.712. The number of hydrogen-bond acceptors (Lipinski definition) is 6. The molecule has 3 aromatic rings. The maximum atomic E-state index is 12.7. The SMILES string of the molecule is Cc1cc(C(=O)Nc2ccc3c(c2)OCO3)nc(Nc2cccc(C)c2C)n1. The van der Waals surface area contributed by atoms with E-state index in [1.54, 1.807) is 24.3 Å². The summed E-state index contributed by atoms with van der Waals surface area (Å²) in [5, 5.41) is 6.04. The fourth-order valence-corrected chi connectivity index (χ4v) is 2.92. The van der Waals surface area contributed by atoms with Crippen LogP contribution in [0.2, 0.25) is 0 Å². The Morgan fingerprint density at radius 2 is 1.82 bits per heavy atom. The first kappa shape index (κ1) is 17.8. The molecule has 0 saturated carbocycles. The third-order valence-corrected chi connectivity index (χ3v) is 4.57. The van der Waals surface area contributed by atoms with Gasteiger partial charge in [0.1, 0.15) is 5.69 Å². The molecule has 1 aromatic heterocycles. The number of carbonyl (C=O) groups is 1. The fourth-order valence-electron chi connectivity index (χ4n) is 2.92. The average molecular weight is 376 g/mol. The number of fused-ring (bicyclic) bond motifs is 1. The van der Waals surface area contributed by atoms with Crippen molar-refractivity contribution in [2.24, 2.45) is 0 Å². The summed E-state index contributed by atoms with van der Waals surface area (Å²) in [4.78, 5) is 21.5. The van der Waals surface area contributed by atoms with Crippen molar-refractivity contribution in [1.82, 2.24) is 9.97 Å². The number of hydrogen-bond donors (Lipinski definition) is 2. The average Bonchev–Trinajstić information content (AvgIpc) is 3.13. The lowest BCUT2D eigenvalue weighted by atomic mass is 10.1.